The van der Waals surface area contributed by atoms with Crippen LogP contribution in [0, 0.1) is 0 Å². The van der Waals surface area contributed by atoms with Crippen molar-refractivity contribution in [1.82, 2.24) is 14.9 Å². The first kappa shape index (κ1) is 14.2. The molecule has 0 fully saturated rings. The molecule has 1 heterocycles. The fraction of sp³-hybridized carbons (Fsp3) is 0.750. The second kappa shape index (κ2) is 9.15. The lowest BCUT2D eigenvalue weighted by Crippen LogP contribution is -2.11. The summed E-state index contributed by atoms with van der Waals surface area (Å²) in [5, 5.41) is 3.25. The standard InChI is InChI=1S/C12H23N3O2/c1-3-13-9-12-10-15(11-14-12)5-4-6-17-8-7-16-2/h10-11,13H,3-9H2,1-2H3. The van der Waals surface area contributed by atoms with Crippen molar-refractivity contribution >= 4 is 0 Å². The van der Waals surface area contributed by atoms with Crippen LogP contribution in [0.2, 0.25) is 0 Å². The van der Waals surface area contributed by atoms with E-state index in [2.05, 4.69) is 28.0 Å². The molecule has 0 saturated heterocycles. The molecule has 0 amide bonds. The van der Waals surface area contributed by atoms with Crippen LogP contribution in [-0.4, -0.2) is 43.0 Å². The number of imidazole rings is 1. The van der Waals surface area contributed by atoms with Crippen LogP contribution in [0.15, 0.2) is 12.5 Å². The third-order valence-electron chi connectivity index (χ3n) is 2.38. The zero-order chi connectivity index (χ0) is 12.3. The van der Waals surface area contributed by atoms with E-state index in [9.17, 15) is 0 Å². The van der Waals surface area contributed by atoms with Crippen LogP contribution in [0.5, 0.6) is 0 Å². The van der Waals surface area contributed by atoms with Crippen molar-refractivity contribution in [2.24, 2.45) is 0 Å². The first-order valence-corrected chi connectivity index (χ1v) is 6.15. The molecule has 0 radical (unpaired) electrons. The lowest BCUT2D eigenvalue weighted by molar-refractivity contribution is 0.0680. The predicted molar refractivity (Wildman–Crippen MR) is 66.9 cm³/mol. The number of rotatable bonds is 10. The second-order valence-corrected chi connectivity index (χ2v) is 3.84. The molecule has 1 N–H and O–H groups in total. The molecule has 0 spiro atoms. The normalized spacial score (nSPS) is 10.9. The molecule has 17 heavy (non-hydrogen) atoms. The summed E-state index contributed by atoms with van der Waals surface area (Å²) in [6.45, 7) is 6.96. The van der Waals surface area contributed by atoms with Gasteiger partial charge >= 0.3 is 0 Å². The van der Waals surface area contributed by atoms with Gasteiger partial charge in [0.25, 0.3) is 0 Å². The highest BCUT2D eigenvalue weighted by Gasteiger charge is 1.97. The number of aryl methyl sites for hydroxylation is 1. The van der Waals surface area contributed by atoms with Crippen molar-refractivity contribution in [1.29, 1.82) is 0 Å². The van der Waals surface area contributed by atoms with Gasteiger partial charge in [0.15, 0.2) is 0 Å². The number of nitrogens with zero attached hydrogens (tertiary/aromatic N) is 2. The van der Waals surface area contributed by atoms with E-state index in [4.69, 9.17) is 9.47 Å². The SMILES string of the molecule is CCNCc1cn(CCCOCCOC)cn1. The number of nitrogens with one attached hydrogen (secondary N) is 1. The zero-order valence-corrected chi connectivity index (χ0v) is 10.8. The molecule has 0 aliphatic rings. The monoisotopic (exact) mass is 241 g/mol. The Hall–Kier alpha value is -0.910. The van der Waals surface area contributed by atoms with Gasteiger partial charge in [0.1, 0.15) is 0 Å². The summed E-state index contributed by atoms with van der Waals surface area (Å²) in [5.41, 5.74) is 1.09. The highest BCUT2D eigenvalue weighted by molar-refractivity contribution is 4.95. The van der Waals surface area contributed by atoms with Crippen LogP contribution in [0.3, 0.4) is 0 Å². The summed E-state index contributed by atoms with van der Waals surface area (Å²) < 4.78 is 12.4. The third kappa shape index (κ3) is 6.41. The molecule has 0 unspecified atom stereocenters. The third-order valence-corrected chi connectivity index (χ3v) is 2.38. The highest BCUT2D eigenvalue weighted by atomic mass is 16.5. The van der Waals surface area contributed by atoms with E-state index < -0.39 is 0 Å². The summed E-state index contributed by atoms with van der Waals surface area (Å²) in [4.78, 5) is 4.32. The van der Waals surface area contributed by atoms with Crippen LogP contribution >= 0.6 is 0 Å². The smallest absolute Gasteiger partial charge is 0.0949 e. The van der Waals surface area contributed by atoms with Gasteiger partial charge in [0.2, 0.25) is 0 Å². The highest BCUT2D eigenvalue weighted by Crippen LogP contribution is 1.98. The molecule has 5 heteroatoms. The molecule has 5 nitrogen and oxygen atoms in total. The first-order valence-electron chi connectivity index (χ1n) is 6.15. The van der Waals surface area contributed by atoms with E-state index in [-0.39, 0.29) is 0 Å². The maximum absolute atomic E-state index is 5.40. The predicted octanol–water partition coefficient (Wildman–Crippen LogP) is 1.05. The van der Waals surface area contributed by atoms with Crippen LogP contribution in [0.25, 0.3) is 0 Å². The lowest BCUT2D eigenvalue weighted by Gasteiger charge is -2.04. The van der Waals surface area contributed by atoms with Crippen LogP contribution in [0.4, 0.5) is 0 Å². The molecule has 0 aliphatic heterocycles. The minimum atomic E-state index is 0.665. The van der Waals surface area contributed by atoms with E-state index in [1.54, 1.807) is 7.11 Å². The fourth-order valence-corrected chi connectivity index (χ4v) is 1.47. The van der Waals surface area contributed by atoms with E-state index >= 15 is 0 Å². The molecule has 1 aromatic heterocycles. The maximum Gasteiger partial charge on any atom is 0.0949 e. The Kier molecular flexibility index (Phi) is 7.62. The van der Waals surface area contributed by atoms with Gasteiger partial charge in [-0.15, -0.1) is 0 Å². The Morgan fingerprint density at radius 2 is 2.24 bits per heavy atom. The summed E-state index contributed by atoms with van der Waals surface area (Å²) in [5.74, 6) is 0. The minimum Gasteiger partial charge on any atom is -0.382 e. The topological polar surface area (TPSA) is 48.3 Å². The molecule has 0 aromatic carbocycles. The second-order valence-electron chi connectivity index (χ2n) is 3.84. The van der Waals surface area contributed by atoms with Gasteiger partial charge in [0, 0.05) is 33.0 Å². The Balaban J connectivity index is 2.08. The average Bonchev–Trinajstić information content (AvgIpc) is 2.79. The lowest BCUT2D eigenvalue weighted by atomic mass is 10.4. The Bertz CT molecular complexity index is 289. The van der Waals surface area contributed by atoms with Gasteiger partial charge in [-0.1, -0.05) is 6.92 Å². The number of aromatic nitrogens is 2. The Morgan fingerprint density at radius 3 is 3.00 bits per heavy atom. The number of hydrogen-bond acceptors (Lipinski definition) is 4. The summed E-state index contributed by atoms with van der Waals surface area (Å²) in [6, 6.07) is 0. The first-order chi connectivity index (χ1) is 8.36. The van der Waals surface area contributed by atoms with Crippen LogP contribution in [-0.2, 0) is 22.6 Å². The molecule has 1 rings (SSSR count). The van der Waals surface area contributed by atoms with Gasteiger partial charge in [-0.05, 0) is 13.0 Å². The molecule has 0 atom stereocenters. The summed E-state index contributed by atoms with van der Waals surface area (Å²) in [7, 11) is 1.68. The fourth-order valence-electron chi connectivity index (χ4n) is 1.47. The number of methoxy groups -OCH3 is 1. The van der Waals surface area contributed by atoms with Crippen molar-refractivity contribution in [2.45, 2.75) is 26.4 Å². The minimum absolute atomic E-state index is 0.665. The van der Waals surface area contributed by atoms with Crippen LogP contribution < -0.4 is 5.32 Å². The molecule has 0 aliphatic carbocycles. The van der Waals surface area contributed by atoms with Gasteiger partial charge in [-0.3, -0.25) is 0 Å². The van der Waals surface area contributed by atoms with Gasteiger partial charge < -0.3 is 19.4 Å². The van der Waals surface area contributed by atoms with E-state index in [0.717, 1.165) is 38.4 Å². The van der Waals surface area contributed by atoms with E-state index in [1.165, 1.54) is 0 Å². The van der Waals surface area contributed by atoms with Crippen molar-refractivity contribution in [3.63, 3.8) is 0 Å². The van der Waals surface area contributed by atoms with Gasteiger partial charge in [-0.25, -0.2) is 4.98 Å². The van der Waals surface area contributed by atoms with Crippen molar-refractivity contribution in [2.75, 3.05) is 33.5 Å². The molecule has 98 valence electrons. The van der Waals surface area contributed by atoms with Crippen molar-refractivity contribution < 1.29 is 9.47 Å². The maximum atomic E-state index is 5.40. The average molecular weight is 241 g/mol. The van der Waals surface area contributed by atoms with Crippen molar-refractivity contribution in [3.05, 3.63) is 18.2 Å². The van der Waals surface area contributed by atoms with E-state index in [0.29, 0.717) is 13.2 Å². The summed E-state index contributed by atoms with van der Waals surface area (Å²) >= 11 is 0. The van der Waals surface area contributed by atoms with E-state index in [1.807, 2.05) is 6.33 Å². The Morgan fingerprint density at radius 1 is 1.35 bits per heavy atom. The van der Waals surface area contributed by atoms with Gasteiger partial charge in [0.05, 0.1) is 25.2 Å². The molecule has 0 bridgehead atoms. The summed E-state index contributed by atoms with van der Waals surface area (Å²) in [6.07, 6.45) is 4.96. The number of hydrogen-bond donors (Lipinski definition) is 1. The number of ether oxygens (including phenoxy) is 2. The molecule has 1 aromatic rings. The zero-order valence-electron chi connectivity index (χ0n) is 10.8. The molecule has 0 saturated carbocycles. The largest absolute Gasteiger partial charge is 0.382 e. The Labute approximate surface area is 103 Å². The quantitative estimate of drug-likeness (QED) is 0.622. The van der Waals surface area contributed by atoms with Crippen LogP contribution in [0.1, 0.15) is 19.0 Å². The van der Waals surface area contributed by atoms with Crippen molar-refractivity contribution in [3.8, 4) is 0 Å². The molecular weight excluding hydrogens is 218 g/mol. The molecular formula is C12H23N3O2. The van der Waals surface area contributed by atoms with Gasteiger partial charge in [-0.2, -0.15) is 0 Å².